The Hall–Kier alpha value is -3.32. The molecule has 1 aliphatic rings. The predicted molar refractivity (Wildman–Crippen MR) is 131 cm³/mol. The zero-order chi connectivity index (χ0) is 24.3. The van der Waals surface area contributed by atoms with E-state index >= 15 is 0 Å². The van der Waals surface area contributed by atoms with Crippen molar-refractivity contribution in [3.05, 3.63) is 89.0 Å². The third kappa shape index (κ3) is 5.42. The van der Waals surface area contributed by atoms with E-state index < -0.39 is 9.84 Å². The average Bonchev–Trinajstić information content (AvgIpc) is 2.81. The van der Waals surface area contributed by atoms with E-state index in [0.29, 0.717) is 31.9 Å². The lowest BCUT2D eigenvalue weighted by atomic mass is 9.98. The zero-order valence-corrected chi connectivity index (χ0v) is 20.5. The van der Waals surface area contributed by atoms with Crippen molar-refractivity contribution in [3.8, 4) is 11.5 Å². The molecule has 7 heteroatoms. The molecule has 1 heterocycles. The van der Waals surface area contributed by atoms with Crippen LogP contribution in [0.4, 0.5) is 0 Å². The van der Waals surface area contributed by atoms with Crippen LogP contribution in [0.3, 0.4) is 0 Å². The van der Waals surface area contributed by atoms with Gasteiger partial charge in [-0.25, -0.2) is 8.42 Å². The van der Waals surface area contributed by atoms with Crippen LogP contribution >= 0.6 is 0 Å². The van der Waals surface area contributed by atoms with E-state index in [4.69, 9.17) is 9.47 Å². The van der Waals surface area contributed by atoms with Crippen molar-refractivity contribution in [1.29, 1.82) is 0 Å². The van der Waals surface area contributed by atoms with Gasteiger partial charge in [-0.05, 0) is 55.7 Å². The summed E-state index contributed by atoms with van der Waals surface area (Å²) >= 11 is 0. The fraction of sp³-hybridized carbons (Fsp3) is 0.296. The fourth-order valence-electron chi connectivity index (χ4n) is 4.05. The van der Waals surface area contributed by atoms with E-state index in [-0.39, 0.29) is 22.5 Å². The quantitative estimate of drug-likeness (QED) is 0.493. The first kappa shape index (κ1) is 23.8. The third-order valence-corrected chi connectivity index (χ3v) is 6.83. The van der Waals surface area contributed by atoms with Crippen molar-refractivity contribution in [1.82, 2.24) is 4.90 Å². The summed E-state index contributed by atoms with van der Waals surface area (Å²) in [4.78, 5) is 15.3. The molecular formula is C27H29NO5S. The maximum atomic E-state index is 13.5. The van der Waals surface area contributed by atoms with Gasteiger partial charge in [-0.2, -0.15) is 0 Å². The lowest BCUT2D eigenvalue weighted by Crippen LogP contribution is -2.36. The van der Waals surface area contributed by atoms with Gasteiger partial charge in [0.15, 0.2) is 9.84 Å². The summed E-state index contributed by atoms with van der Waals surface area (Å²) in [7, 11) is -3.46. The van der Waals surface area contributed by atoms with Crippen molar-refractivity contribution in [3.63, 3.8) is 0 Å². The Bertz CT molecular complexity index is 1290. The van der Waals surface area contributed by atoms with Crippen molar-refractivity contribution < 1.29 is 22.7 Å². The molecule has 1 aliphatic heterocycles. The minimum absolute atomic E-state index is 0.0981. The van der Waals surface area contributed by atoms with Gasteiger partial charge in [-0.3, -0.25) is 4.79 Å². The number of hydrogen-bond donors (Lipinski definition) is 0. The molecule has 0 aliphatic carbocycles. The molecule has 0 spiro atoms. The second-order valence-electron chi connectivity index (χ2n) is 8.74. The number of rotatable bonds is 7. The molecule has 4 rings (SSSR count). The third-order valence-electron chi connectivity index (χ3n) is 5.72. The highest BCUT2D eigenvalue weighted by Gasteiger charge is 2.27. The molecule has 0 fully saturated rings. The molecule has 34 heavy (non-hydrogen) atoms. The first-order chi connectivity index (χ1) is 16.2. The Morgan fingerprint density at radius 2 is 1.76 bits per heavy atom. The number of carbonyl (C=O) groups is 1. The monoisotopic (exact) mass is 479 g/mol. The van der Waals surface area contributed by atoms with E-state index in [1.807, 2.05) is 62.4 Å². The number of nitrogens with zero attached hydrogens (tertiary/aromatic N) is 1. The van der Waals surface area contributed by atoms with Gasteiger partial charge >= 0.3 is 0 Å². The van der Waals surface area contributed by atoms with E-state index in [0.717, 1.165) is 28.7 Å². The Labute approximate surface area is 201 Å². The van der Waals surface area contributed by atoms with Crippen LogP contribution in [0, 0.1) is 0 Å². The van der Waals surface area contributed by atoms with Crippen LogP contribution in [-0.4, -0.2) is 38.1 Å². The maximum Gasteiger partial charge on any atom is 0.257 e. The molecule has 6 nitrogen and oxygen atoms in total. The van der Waals surface area contributed by atoms with Crippen LogP contribution in [0.2, 0.25) is 0 Å². The van der Waals surface area contributed by atoms with Crippen LogP contribution < -0.4 is 9.47 Å². The number of sulfone groups is 1. The predicted octanol–water partition coefficient (Wildman–Crippen LogP) is 4.65. The molecule has 0 saturated heterocycles. The topological polar surface area (TPSA) is 72.9 Å². The van der Waals surface area contributed by atoms with Gasteiger partial charge in [0.2, 0.25) is 0 Å². The molecule has 0 N–H and O–H groups in total. The standard InChI is InChI=1S/C27H29NO5S/c1-19(2)33-26-13-12-22(34(3,30)31)16-24(26)27(29)28-15-14-23-21(17-28)10-7-11-25(23)32-18-20-8-5-4-6-9-20/h4-13,16,19H,14-15,17-18H2,1-3H3. The van der Waals surface area contributed by atoms with E-state index in [2.05, 4.69) is 0 Å². The van der Waals surface area contributed by atoms with E-state index in [1.54, 1.807) is 11.0 Å². The second kappa shape index (κ2) is 9.89. The average molecular weight is 480 g/mol. The Morgan fingerprint density at radius 1 is 1.00 bits per heavy atom. The highest BCUT2D eigenvalue weighted by Crippen LogP contribution is 2.31. The normalized spacial score (nSPS) is 13.5. The number of fused-ring (bicyclic) bond motifs is 1. The Kier molecular flexibility index (Phi) is 6.93. The number of hydrogen-bond acceptors (Lipinski definition) is 5. The minimum Gasteiger partial charge on any atom is -0.490 e. The van der Waals surface area contributed by atoms with Gasteiger partial charge in [-0.1, -0.05) is 42.5 Å². The largest absolute Gasteiger partial charge is 0.490 e. The van der Waals surface area contributed by atoms with Crippen molar-refractivity contribution >= 4 is 15.7 Å². The molecule has 0 saturated carbocycles. The maximum absolute atomic E-state index is 13.5. The minimum atomic E-state index is -3.46. The van der Waals surface area contributed by atoms with Gasteiger partial charge < -0.3 is 14.4 Å². The number of carbonyl (C=O) groups excluding carboxylic acids is 1. The Balaban J connectivity index is 1.57. The summed E-state index contributed by atoms with van der Waals surface area (Å²) in [5, 5.41) is 0. The first-order valence-corrected chi connectivity index (χ1v) is 13.2. The number of benzene rings is 3. The second-order valence-corrected chi connectivity index (χ2v) is 10.8. The molecule has 0 unspecified atom stereocenters. The molecule has 0 radical (unpaired) electrons. The van der Waals surface area contributed by atoms with Crippen LogP contribution in [0.1, 0.15) is 40.9 Å². The highest BCUT2D eigenvalue weighted by atomic mass is 32.2. The summed E-state index contributed by atoms with van der Waals surface area (Å²) in [5.74, 6) is 0.969. The Morgan fingerprint density at radius 3 is 2.47 bits per heavy atom. The summed E-state index contributed by atoms with van der Waals surface area (Å²) in [5.41, 5.74) is 3.48. The molecule has 0 bridgehead atoms. The molecule has 3 aromatic rings. The van der Waals surface area contributed by atoms with Gasteiger partial charge in [-0.15, -0.1) is 0 Å². The molecule has 3 aromatic carbocycles. The van der Waals surface area contributed by atoms with Crippen molar-refractivity contribution in [2.75, 3.05) is 12.8 Å². The van der Waals surface area contributed by atoms with Gasteiger partial charge in [0.05, 0.1) is 16.6 Å². The van der Waals surface area contributed by atoms with Crippen molar-refractivity contribution in [2.24, 2.45) is 0 Å². The molecule has 178 valence electrons. The molecular weight excluding hydrogens is 450 g/mol. The highest BCUT2D eigenvalue weighted by molar-refractivity contribution is 7.90. The lowest BCUT2D eigenvalue weighted by molar-refractivity contribution is 0.0727. The summed E-state index contributed by atoms with van der Waals surface area (Å²) < 4.78 is 36.1. The fourth-order valence-corrected chi connectivity index (χ4v) is 4.70. The summed E-state index contributed by atoms with van der Waals surface area (Å²) in [6.45, 7) is 5.14. The van der Waals surface area contributed by atoms with Crippen LogP contribution in [0.15, 0.2) is 71.6 Å². The number of amides is 1. The smallest absolute Gasteiger partial charge is 0.257 e. The van der Waals surface area contributed by atoms with Crippen LogP contribution in [0.25, 0.3) is 0 Å². The van der Waals surface area contributed by atoms with Crippen LogP contribution in [0.5, 0.6) is 11.5 Å². The SMILES string of the molecule is CC(C)Oc1ccc(S(C)(=O)=O)cc1C(=O)N1CCc2c(cccc2OCc2ccccc2)C1. The van der Waals surface area contributed by atoms with Crippen LogP contribution in [-0.2, 0) is 29.4 Å². The number of ether oxygens (including phenoxy) is 2. The molecule has 0 aromatic heterocycles. The van der Waals surface area contributed by atoms with Gasteiger partial charge in [0.25, 0.3) is 5.91 Å². The van der Waals surface area contributed by atoms with E-state index in [1.165, 1.54) is 12.1 Å². The van der Waals surface area contributed by atoms with Gasteiger partial charge in [0, 0.05) is 24.9 Å². The van der Waals surface area contributed by atoms with Gasteiger partial charge in [0.1, 0.15) is 18.1 Å². The summed E-state index contributed by atoms with van der Waals surface area (Å²) in [6.07, 6.45) is 1.63. The lowest BCUT2D eigenvalue weighted by Gasteiger charge is -2.30. The molecule has 0 atom stereocenters. The summed E-state index contributed by atoms with van der Waals surface area (Å²) in [6, 6.07) is 20.4. The van der Waals surface area contributed by atoms with E-state index in [9.17, 15) is 13.2 Å². The zero-order valence-electron chi connectivity index (χ0n) is 19.7. The molecule has 1 amide bonds. The first-order valence-electron chi connectivity index (χ1n) is 11.3. The van der Waals surface area contributed by atoms with Crippen molar-refractivity contribution in [2.45, 2.75) is 44.4 Å².